The zero-order valence-corrected chi connectivity index (χ0v) is 11.9. The van der Waals surface area contributed by atoms with Crippen LogP contribution in [0.25, 0.3) is 0 Å². The number of hydrogen-bond donors (Lipinski definition) is 2. The molecular formula is C13H13N3O4S. The first-order valence-corrected chi connectivity index (χ1v) is 7.41. The quantitative estimate of drug-likeness (QED) is 0.511. The number of nitrogens with zero attached hydrogens (tertiary/aromatic N) is 1. The van der Waals surface area contributed by atoms with Crippen LogP contribution in [-0.2, 0) is 10.0 Å². The number of nitrogens with one attached hydrogen (secondary N) is 1. The molecule has 2 aromatic carbocycles. The third kappa shape index (κ3) is 3.29. The van der Waals surface area contributed by atoms with E-state index in [2.05, 4.69) is 4.72 Å². The monoisotopic (exact) mass is 307 g/mol. The van der Waals surface area contributed by atoms with Crippen molar-refractivity contribution >= 4 is 27.1 Å². The Bertz CT molecular complexity index is 786. The van der Waals surface area contributed by atoms with Gasteiger partial charge >= 0.3 is 0 Å². The Morgan fingerprint density at radius 2 is 1.76 bits per heavy atom. The van der Waals surface area contributed by atoms with Gasteiger partial charge in [0.05, 0.1) is 15.5 Å². The van der Waals surface area contributed by atoms with Gasteiger partial charge in [0, 0.05) is 17.8 Å². The van der Waals surface area contributed by atoms with Crippen LogP contribution in [0.5, 0.6) is 0 Å². The van der Waals surface area contributed by atoms with E-state index >= 15 is 0 Å². The molecule has 0 atom stereocenters. The summed E-state index contributed by atoms with van der Waals surface area (Å²) in [6.45, 7) is 1.59. The van der Waals surface area contributed by atoms with E-state index in [1.165, 1.54) is 42.5 Å². The van der Waals surface area contributed by atoms with E-state index in [4.69, 9.17) is 5.73 Å². The molecule has 8 heteroatoms. The minimum absolute atomic E-state index is 0.0643. The summed E-state index contributed by atoms with van der Waals surface area (Å²) in [5.41, 5.74) is 6.63. The molecule has 0 unspecified atom stereocenters. The molecule has 7 nitrogen and oxygen atoms in total. The van der Waals surface area contributed by atoms with Gasteiger partial charge < -0.3 is 5.73 Å². The second-order valence-electron chi connectivity index (χ2n) is 4.43. The van der Waals surface area contributed by atoms with Gasteiger partial charge in [-0.3, -0.25) is 14.8 Å². The summed E-state index contributed by atoms with van der Waals surface area (Å²) in [6.07, 6.45) is 0. The molecule has 0 amide bonds. The third-order valence-electron chi connectivity index (χ3n) is 2.86. The summed E-state index contributed by atoms with van der Waals surface area (Å²) in [7, 11) is -3.76. The van der Waals surface area contributed by atoms with Crippen molar-refractivity contribution in [1.29, 1.82) is 0 Å². The fraction of sp³-hybridized carbons (Fsp3) is 0.0769. The second kappa shape index (κ2) is 5.41. The number of aryl methyl sites for hydroxylation is 1. The van der Waals surface area contributed by atoms with Crippen LogP contribution < -0.4 is 10.5 Å². The average molecular weight is 307 g/mol. The molecule has 0 bridgehead atoms. The van der Waals surface area contributed by atoms with E-state index in [0.717, 1.165) is 0 Å². The summed E-state index contributed by atoms with van der Waals surface area (Å²) >= 11 is 0. The SMILES string of the molecule is Cc1cc([N+](=O)[O-])ccc1NS(=O)(=O)c1ccc(N)cc1. The molecular weight excluding hydrogens is 294 g/mol. The van der Waals surface area contributed by atoms with Crippen molar-refractivity contribution < 1.29 is 13.3 Å². The minimum Gasteiger partial charge on any atom is -0.399 e. The van der Waals surface area contributed by atoms with Crippen LogP contribution in [-0.4, -0.2) is 13.3 Å². The fourth-order valence-electron chi connectivity index (χ4n) is 1.73. The standard InChI is InChI=1S/C13H13N3O4S/c1-9-8-11(16(17)18)4-7-13(9)15-21(19,20)12-5-2-10(14)3-6-12/h2-8,15H,14H2,1H3. The molecule has 0 saturated heterocycles. The highest BCUT2D eigenvalue weighted by molar-refractivity contribution is 7.92. The van der Waals surface area contributed by atoms with E-state index < -0.39 is 14.9 Å². The molecule has 3 N–H and O–H groups in total. The van der Waals surface area contributed by atoms with Crippen LogP contribution in [0.3, 0.4) is 0 Å². The first-order valence-electron chi connectivity index (χ1n) is 5.93. The van der Waals surface area contributed by atoms with E-state index in [1.54, 1.807) is 6.92 Å². The number of rotatable bonds is 4. The van der Waals surface area contributed by atoms with Gasteiger partial charge in [0.1, 0.15) is 0 Å². The Hall–Kier alpha value is -2.61. The highest BCUT2D eigenvalue weighted by Gasteiger charge is 2.16. The second-order valence-corrected chi connectivity index (χ2v) is 6.11. The van der Waals surface area contributed by atoms with Crippen LogP contribution in [0.4, 0.5) is 17.1 Å². The van der Waals surface area contributed by atoms with Gasteiger partial charge in [0.25, 0.3) is 15.7 Å². The van der Waals surface area contributed by atoms with Gasteiger partial charge in [0.15, 0.2) is 0 Å². The fourth-order valence-corrected chi connectivity index (χ4v) is 2.86. The highest BCUT2D eigenvalue weighted by atomic mass is 32.2. The lowest BCUT2D eigenvalue weighted by molar-refractivity contribution is -0.384. The Morgan fingerprint density at radius 3 is 2.29 bits per heavy atom. The van der Waals surface area contributed by atoms with Crippen LogP contribution in [0.2, 0.25) is 0 Å². The van der Waals surface area contributed by atoms with E-state index in [9.17, 15) is 18.5 Å². The number of non-ortho nitro benzene ring substituents is 1. The molecule has 0 heterocycles. The predicted molar refractivity (Wildman–Crippen MR) is 79.5 cm³/mol. The lowest BCUT2D eigenvalue weighted by atomic mass is 10.2. The number of benzene rings is 2. The average Bonchev–Trinajstić information content (AvgIpc) is 2.41. The van der Waals surface area contributed by atoms with Gasteiger partial charge in [-0.05, 0) is 42.8 Å². The first-order chi connectivity index (χ1) is 9.79. The molecule has 21 heavy (non-hydrogen) atoms. The molecule has 0 aliphatic heterocycles. The smallest absolute Gasteiger partial charge is 0.269 e. The van der Waals surface area contributed by atoms with Crippen LogP contribution in [0.1, 0.15) is 5.56 Å². The van der Waals surface area contributed by atoms with E-state index in [0.29, 0.717) is 11.3 Å². The number of nitrogens with two attached hydrogens (primary N) is 1. The van der Waals surface area contributed by atoms with Crippen LogP contribution >= 0.6 is 0 Å². The summed E-state index contributed by atoms with van der Waals surface area (Å²) in [4.78, 5) is 10.2. The largest absolute Gasteiger partial charge is 0.399 e. The number of nitro benzene ring substituents is 1. The maximum atomic E-state index is 12.2. The zero-order valence-electron chi connectivity index (χ0n) is 11.1. The number of anilines is 2. The molecule has 110 valence electrons. The van der Waals surface area contributed by atoms with Crippen molar-refractivity contribution in [3.05, 3.63) is 58.1 Å². The highest BCUT2D eigenvalue weighted by Crippen LogP contribution is 2.24. The topological polar surface area (TPSA) is 115 Å². The molecule has 2 aromatic rings. The molecule has 2 rings (SSSR count). The number of sulfonamides is 1. The summed E-state index contributed by atoms with van der Waals surface area (Å²) < 4.78 is 26.8. The van der Waals surface area contributed by atoms with E-state index in [-0.39, 0.29) is 16.3 Å². The first kappa shape index (κ1) is 14.8. The minimum atomic E-state index is -3.76. The van der Waals surface area contributed by atoms with Crippen molar-refractivity contribution in [2.45, 2.75) is 11.8 Å². The Kier molecular flexibility index (Phi) is 3.81. The van der Waals surface area contributed by atoms with Gasteiger partial charge in [-0.25, -0.2) is 8.42 Å². The Balaban J connectivity index is 2.32. The Labute approximate surface area is 121 Å². The van der Waals surface area contributed by atoms with Gasteiger partial charge in [-0.15, -0.1) is 0 Å². The van der Waals surface area contributed by atoms with Crippen molar-refractivity contribution in [3.63, 3.8) is 0 Å². The van der Waals surface area contributed by atoms with Crippen LogP contribution in [0, 0.1) is 17.0 Å². The summed E-state index contributed by atoms with van der Waals surface area (Å²) in [6, 6.07) is 9.66. The normalized spacial score (nSPS) is 11.1. The zero-order chi connectivity index (χ0) is 15.6. The predicted octanol–water partition coefficient (Wildman–Crippen LogP) is 2.29. The molecule has 0 spiro atoms. The lowest BCUT2D eigenvalue weighted by Crippen LogP contribution is -2.13. The molecule has 0 aliphatic carbocycles. The van der Waals surface area contributed by atoms with Gasteiger partial charge in [-0.2, -0.15) is 0 Å². The van der Waals surface area contributed by atoms with Gasteiger partial charge in [0.2, 0.25) is 0 Å². The number of nitrogen functional groups attached to an aromatic ring is 1. The van der Waals surface area contributed by atoms with Gasteiger partial charge in [-0.1, -0.05) is 0 Å². The Morgan fingerprint density at radius 1 is 1.14 bits per heavy atom. The summed E-state index contributed by atoms with van der Waals surface area (Å²) in [5, 5.41) is 10.7. The molecule has 0 saturated carbocycles. The maximum absolute atomic E-state index is 12.2. The maximum Gasteiger partial charge on any atom is 0.269 e. The van der Waals surface area contributed by atoms with Crippen molar-refractivity contribution in [3.8, 4) is 0 Å². The number of hydrogen-bond acceptors (Lipinski definition) is 5. The van der Waals surface area contributed by atoms with Crippen LogP contribution in [0.15, 0.2) is 47.4 Å². The molecule has 0 aliphatic rings. The van der Waals surface area contributed by atoms with Crippen molar-refractivity contribution in [2.24, 2.45) is 0 Å². The number of nitro groups is 1. The molecule has 0 radical (unpaired) electrons. The lowest BCUT2D eigenvalue weighted by Gasteiger charge is -2.10. The third-order valence-corrected chi connectivity index (χ3v) is 4.24. The molecule has 0 aromatic heterocycles. The molecule has 0 fully saturated rings. The summed E-state index contributed by atoms with van der Waals surface area (Å²) in [5.74, 6) is 0. The van der Waals surface area contributed by atoms with Crippen molar-refractivity contribution in [1.82, 2.24) is 0 Å². The van der Waals surface area contributed by atoms with Crippen molar-refractivity contribution in [2.75, 3.05) is 10.5 Å². The van der Waals surface area contributed by atoms with E-state index in [1.807, 2.05) is 0 Å².